The summed E-state index contributed by atoms with van der Waals surface area (Å²) in [5, 5.41) is 0. The van der Waals surface area contributed by atoms with Gasteiger partial charge in [0.2, 0.25) is 0 Å². The van der Waals surface area contributed by atoms with E-state index in [1.807, 2.05) is 0 Å². The van der Waals surface area contributed by atoms with Crippen LogP contribution in [0.1, 0.15) is 23.7 Å². The molecule has 0 aromatic carbocycles. The molecule has 112 valence electrons. The van der Waals surface area contributed by atoms with Crippen molar-refractivity contribution in [3.05, 3.63) is 29.1 Å². The lowest BCUT2D eigenvalue weighted by Gasteiger charge is -2.15. The summed E-state index contributed by atoms with van der Waals surface area (Å²) in [6.07, 6.45) is -10.5. The molecule has 0 fully saturated rings. The van der Waals surface area contributed by atoms with E-state index in [0.717, 1.165) is 0 Å². The van der Waals surface area contributed by atoms with Crippen molar-refractivity contribution in [1.29, 1.82) is 0 Å². The maximum absolute atomic E-state index is 12.6. The first-order valence-electron chi connectivity index (χ1n) is 5.34. The lowest BCUT2D eigenvalue weighted by atomic mass is 10.1. The maximum Gasteiger partial charge on any atom is 0.433 e. The molecular weight excluding hydrogens is 292 g/mol. The van der Waals surface area contributed by atoms with E-state index in [0.29, 0.717) is 6.20 Å². The summed E-state index contributed by atoms with van der Waals surface area (Å²) < 4.78 is 79.6. The van der Waals surface area contributed by atoms with Crippen LogP contribution in [-0.4, -0.2) is 17.6 Å². The Bertz CT molecular complexity index is 495. The normalized spacial score (nSPS) is 12.3. The van der Waals surface area contributed by atoms with Gasteiger partial charge in [-0.05, 0) is 18.6 Å². The molecule has 0 saturated carbocycles. The second kappa shape index (κ2) is 5.68. The first kappa shape index (κ1) is 16.3. The summed E-state index contributed by atoms with van der Waals surface area (Å²) >= 11 is 0. The van der Waals surface area contributed by atoms with E-state index in [4.69, 9.17) is 0 Å². The Kier molecular flexibility index (Phi) is 4.61. The van der Waals surface area contributed by atoms with Crippen molar-refractivity contribution in [1.82, 2.24) is 4.98 Å². The van der Waals surface area contributed by atoms with E-state index >= 15 is 0 Å². The Morgan fingerprint density at radius 3 is 2.25 bits per heavy atom. The fourth-order valence-electron chi connectivity index (χ4n) is 1.43. The monoisotopic (exact) mass is 301 g/mol. The molecule has 1 aromatic rings. The van der Waals surface area contributed by atoms with Crippen LogP contribution >= 0.6 is 0 Å². The van der Waals surface area contributed by atoms with E-state index in [1.54, 1.807) is 0 Å². The SMILES string of the molecule is CCOC(=O)Cc1cnc(C(F)(F)F)c(C(F)(F)F)c1. The van der Waals surface area contributed by atoms with E-state index in [2.05, 4.69) is 9.72 Å². The van der Waals surface area contributed by atoms with Gasteiger partial charge in [-0.15, -0.1) is 0 Å². The topological polar surface area (TPSA) is 39.2 Å². The van der Waals surface area contributed by atoms with Crippen molar-refractivity contribution in [2.45, 2.75) is 25.7 Å². The molecule has 0 spiro atoms. The van der Waals surface area contributed by atoms with Crippen molar-refractivity contribution in [3.63, 3.8) is 0 Å². The Morgan fingerprint density at radius 2 is 1.80 bits per heavy atom. The highest BCUT2D eigenvalue weighted by Gasteiger charge is 2.44. The number of hydrogen-bond acceptors (Lipinski definition) is 3. The average molecular weight is 301 g/mol. The predicted octanol–water partition coefficient (Wildman–Crippen LogP) is 3.22. The Balaban J connectivity index is 3.19. The molecule has 0 radical (unpaired) electrons. The zero-order valence-electron chi connectivity index (χ0n) is 10.1. The molecule has 0 unspecified atom stereocenters. The van der Waals surface area contributed by atoms with Gasteiger partial charge in [0.05, 0.1) is 18.6 Å². The summed E-state index contributed by atoms with van der Waals surface area (Å²) in [6.45, 7) is 1.50. The smallest absolute Gasteiger partial charge is 0.433 e. The molecule has 0 saturated heterocycles. The lowest BCUT2D eigenvalue weighted by Crippen LogP contribution is -2.19. The first-order valence-corrected chi connectivity index (χ1v) is 5.34. The standard InChI is InChI=1S/C11H9F6NO2/c1-2-20-8(19)4-6-3-7(10(12,13)14)9(18-5-6)11(15,16)17/h3,5H,2,4H2,1H3. The van der Waals surface area contributed by atoms with Crippen molar-refractivity contribution < 1.29 is 35.9 Å². The van der Waals surface area contributed by atoms with E-state index in [9.17, 15) is 31.1 Å². The van der Waals surface area contributed by atoms with Crippen molar-refractivity contribution in [3.8, 4) is 0 Å². The fourth-order valence-corrected chi connectivity index (χ4v) is 1.43. The summed E-state index contributed by atoms with van der Waals surface area (Å²) in [5.74, 6) is -0.845. The van der Waals surface area contributed by atoms with Gasteiger partial charge in [0, 0.05) is 6.20 Å². The highest BCUT2D eigenvalue weighted by Crippen LogP contribution is 2.39. The summed E-state index contributed by atoms with van der Waals surface area (Å²) in [5.41, 5.74) is -4.26. The van der Waals surface area contributed by atoms with Gasteiger partial charge in [0.25, 0.3) is 0 Å². The summed E-state index contributed by atoms with van der Waals surface area (Å²) in [6, 6.07) is 0.257. The minimum atomic E-state index is -5.23. The molecule has 1 aromatic heterocycles. The number of pyridine rings is 1. The molecule has 0 aliphatic heterocycles. The molecule has 0 N–H and O–H groups in total. The van der Waals surface area contributed by atoms with E-state index < -0.39 is 36.0 Å². The number of carbonyl (C=O) groups excluding carboxylic acids is 1. The fraction of sp³-hybridized carbons (Fsp3) is 0.455. The number of nitrogens with zero attached hydrogens (tertiary/aromatic N) is 1. The highest BCUT2D eigenvalue weighted by molar-refractivity contribution is 5.72. The van der Waals surface area contributed by atoms with Gasteiger partial charge in [-0.25, -0.2) is 0 Å². The minimum absolute atomic E-state index is 0.0129. The second-order valence-corrected chi connectivity index (χ2v) is 3.72. The molecule has 1 heterocycles. The Labute approximate surface area is 109 Å². The number of aromatic nitrogens is 1. The van der Waals surface area contributed by atoms with Crippen LogP contribution in [0.5, 0.6) is 0 Å². The third-order valence-corrected chi connectivity index (χ3v) is 2.17. The predicted molar refractivity (Wildman–Crippen MR) is 54.6 cm³/mol. The molecule has 9 heteroatoms. The number of ether oxygens (including phenoxy) is 1. The number of rotatable bonds is 3. The Hall–Kier alpha value is -1.80. The van der Waals surface area contributed by atoms with Crippen molar-refractivity contribution in [2.24, 2.45) is 0 Å². The van der Waals surface area contributed by atoms with Gasteiger partial charge in [0.1, 0.15) is 0 Å². The third-order valence-electron chi connectivity index (χ3n) is 2.17. The average Bonchev–Trinajstić information content (AvgIpc) is 2.26. The van der Waals surface area contributed by atoms with E-state index in [1.165, 1.54) is 6.92 Å². The van der Waals surface area contributed by atoms with Crippen LogP contribution in [-0.2, 0) is 28.3 Å². The lowest BCUT2D eigenvalue weighted by molar-refractivity contribution is -0.164. The molecule has 0 atom stereocenters. The van der Waals surface area contributed by atoms with Crippen LogP contribution in [0.3, 0.4) is 0 Å². The molecule has 20 heavy (non-hydrogen) atoms. The summed E-state index contributed by atoms with van der Waals surface area (Å²) in [4.78, 5) is 13.9. The van der Waals surface area contributed by atoms with Gasteiger partial charge in [-0.3, -0.25) is 9.78 Å². The number of halogens is 6. The number of alkyl halides is 6. The summed E-state index contributed by atoms with van der Waals surface area (Å²) in [7, 11) is 0. The molecule has 3 nitrogen and oxygen atoms in total. The van der Waals surface area contributed by atoms with Crippen LogP contribution in [0, 0.1) is 0 Å². The number of carbonyl (C=O) groups is 1. The Morgan fingerprint density at radius 1 is 1.20 bits per heavy atom. The van der Waals surface area contributed by atoms with Crippen LogP contribution in [0.15, 0.2) is 12.3 Å². The maximum atomic E-state index is 12.6. The van der Waals surface area contributed by atoms with Crippen LogP contribution < -0.4 is 0 Å². The molecule has 0 aliphatic rings. The quantitative estimate of drug-likeness (QED) is 0.635. The molecule has 1 rings (SSSR count). The zero-order chi connectivity index (χ0) is 15.6. The van der Waals surface area contributed by atoms with Crippen LogP contribution in [0.4, 0.5) is 26.3 Å². The molecule has 0 amide bonds. The van der Waals surface area contributed by atoms with Gasteiger partial charge >= 0.3 is 18.3 Å². The highest BCUT2D eigenvalue weighted by atomic mass is 19.4. The van der Waals surface area contributed by atoms with Gasteiger partial charge < -0.3 is 4.74 Å². The zero-order valence-corrected chi connectivity index (χ0v) is 10.1. The minimum Gasteiger partial charge on any atom is -0.466 e. The van der Waals surface area contributed by atoms with Crippen molar-refractivity contribution >= 4 is 5.97 Å². The number of esters is 1. The number of hydrogen-bond donors (Lipinski definition) is 0. The largest absolute Gasteiger partial charge is 0.466 e. The molecular formula is C11H9F6NO2. The van der Waals surface area contributed by atoms with Gasteiger partial charge in [0.15, 0.2) is 5.69 Å². The molecule has 0 aliphatic carbocycles. The van der Waals surface area contributed by atoms with Crippen LogP contribution in [0.25, 0.3) is 0 Å². The molecule has 0 bridgehead atoms. The van der Waals surface area contributed by atoms with Gasteiger partial charge in [-0.1, -0.05) is 0 Å². The van der Waals surface area contributed by atoms with E-state index in [-0.39, 0.29) is 18.2 Å². The first-order chi connectivity index (χ1) is 9.05. The van der Waals surface area contributed by atoms with Crippen molar-refractivity contribution in [2.75, 3.05) is 6.61 Å². The van der Waals surface area contributed by atoms with Gasteiger partial charge in [-0.2, -0.15) is 26.3 Å². The third kappa shape index (κ3) is 4.10. The van der Waals surface area contributed by atoms with Crippen LogP contribution in [0.2, 0.25) is 0 Å². The second-order valence-electron chi connectivity index (χ2n) is 3.72.